The van der Waals surface area contributed by atoms with Gasteiger partial charge in [0.2, 0.25) is 0 Å². The number of methoxy groups -OCH3 is 1. The van der Waals surface area contributed by atoms with Gasteiger partial charge in [0.1, 0.15) is 5.60 Å². The molecule has 1 aromatic heterocycles. The van der Waals surface area contributed by atoms with E-state index >= 15 is 0 Å². The normalized spacial score (nSPS) is 16.2. The smallest absolute Gasteiger partial charge is 0.419 e. The second-order valence-electron chi connectivity index (χ2n) is 10.6. The van der Waals surface area contributed by atoms with Crippen LogP contribution in [0.3, 0.4) is 0 Å². The first kappa shape index (κ1) is 24.2. The van der Waals surface area contributed by atoms with Crippen LogP contribution >= 0.6 is 0 Å². The molecule has 0 radical (unpaired) electrons. The Bertz CT molecular complexity index is 1350. The molecule has 0 saturated carbocycles. The third-order valence-electron chi connectivity index (χ3n) is 6.81. The molecule has 1 amide bonds. The maximum Gasteiger partial charge on any atom is 0.419 e. The molecule has 1 fully saturated rings. The molecular weight excluding hydrogens is 458 g/mol. The van der Waals surface area contributed by atoms with Gasteiger partial charge in [0.25, 0.3) is 5.91 Å². The first-order chi connectivity index (χ1) is 17.2. The number of phenols is 1. The van der Waals surface area contributed by atoms with Gasteiger partial charge in [-0.2, -0.15) is 0 Å². The molecule has 2 aliphatic heterocycles. The van der Waals surface area contributed by atoms with Crippen LogP contribution in [0.4, 0.5) is 4.79 Å². The highest BCUT2D eigenvalue weighted by atomic mass is 16.6. The van der Waals surface area contributed by atoms with Gasteiger partial charge in [0.05, 0.1) is 23.9 Å². The van der Waals surface area contributed by atoms with Gasteiger partial charge in [-0.3, -0.25) is 9.69 Å². The molecule has 36 heavy (non-hydrogen) atoms. The third kappa shape index (κ3) is 4.41. The standard InChI is InChI=1S/C28H33N3O5/c1-28(2,3)36-27(34)31-21-9-8-17(16-30-10-6-5-7-11-30)12-18(21)13-22(31)19-14-23(35-4)25(32)20-15-29-26(33)24(19)20/h8-9,12-14,32H,5-7,10-11,15-16H2,1-4H3,(H,29,33). The summed E-state index contributed by atoms with van der Waals surface area (Å²) in [6.07, 6.45) is 3.19. The van der Waals surface area contributed by atoms with Crippen molar-refractivity contribution in [3.05, 3.63) is 47.0 Å². The Morgan fingerprint density at radius 3 is 2.56 bits per heavy atom. The largest absolute Gasteiger partial charge is 0.504 e. The number of aromatic hydroxyl groups is 1. The van der Waals surface area contributed by atoms with Gasteiger partial charge in [-0.15, -0.1) is 0 Å². The lowest BCUT2D eigenvalue weighted by Crippen LogP contribution is -2.29. The minimum absolute atomic E-state index is 0.0710. The summed E-state index contributed by atoms with van der Waals surface area (Å²) < 4.78 is 12.7. The first-order valence-corrected chi connectivity index (χ1v) is 12.5. The molecule has 2 aliphatic rings. The lowest BCUT2D eigenvalue weighted by Gasteiger charge is -2.26. The molecule has 1 saturated heterocycles. The Labute approximate surface area is 210 Å². The van der Waals surface area contributed by atoms with E-state index in [-0.39, 0.29) is 24.0 Å². The average molecular weight is 492 g/mol. The molecule has 0 atom stereocenters. The maximum atomic E-state index is 13.5. The summed E-state index contributed by atoms with van der Waals surface area (Å²) >= 11 is 0. The summed E-state index contributed by atoms with van der Waals surface area (Å²) in [5.41, 5.74) is 2.99. The highest BCUT2D eigenvalue weighted by Crippen LogP contribution is 2.43. The number of fused-ring (bicyclic) bond motifs is 2. The number of nitrogens with one attached hydrogen (secondary N) is 1. The number of aromatic nitrogens is 1. The van der Waals surface area contributed by atoms with E-state index in [0.717, 1.165) is 25.0 Å². The number of ether oxygens (including phenoxy) is 2. The molecule has 2 aromatic carbocycles. The van der Waals surface area contributed by atoms with Crippen LogP contribution in [0, 0.1) is 0 Å². The molecule has 3 heterocycles. The molecule has 0 aliphatic carbocycles. The van der Waals surface area contributed by atoms with Crippen LogP contribution in [-0.2, 0) is 17.8 Å². The van der Waals surface area contributed by atoms with Crippen LogP contribution in [0.15, 0.2) is 30.3 Å². The van der Waals surface area contributed by atoms with Crippen molar-refractivity contribution in [2.24, 2.45) is 0 Å². The van der Waals surface area contributed by atoms with E-state index in [9.17, 15) is 14.7 Å². The summed E-state index contributed by atoms with van der Waals surface area (Å²) in [4.78, 5) is 28.8. The number of phenolic OH excluding ortho intramolecular Hbond substituents is 1. The quantitative estimate of drug-likeness (QED) is 0.532. The Hall–Kier alpha value is -3.52. The number of likely N-dealkylation sites (tertiary alicyclic amines) is 1. The molecule has 0 spiro atoms. The zero-order chi connectivity index (χ0) is 25.6. The van der Waals surface area contributed by atoms with E-state index < -0.39 is 11.7 Å². The van der Waals surface area contributed by atoms with Gasteiger partial charge in [0.15, 0.2) is 11.5 Å². The Morgan fingerprint density at radius 1 is 1.11 bits per heavy atom. The van der Waals surface area contributed by atoms with Gasteiger partial charge in [0, 0.05) is 29.6 Å². The number of hydrogen-bond acceptors (Lipinski definition) is 6. The molecule has 0 bridgehead atoms. The number of carbonyl (C=O) groups excluding carboxylic acids is 2. The second kappa shape index (κ2) is 9.17. The Balaban J connectivity index is 1.68. The highest BCUT2D eigenvalue weighted by Gasteiger charge is 2.32. The highest BCUT2D eigenvalue weighted by molar-refractivity contribution is 6.08. The van der Waals surface area contributed by atoms with Crippen molar-refractivity contribution in [1.29, 1.82) is 0 Å². The third-order valence-corrected chi connectivity index (χ3v) is 6.81. The first-order valence-electron chi connectivity index (χ1n) is 12.5. The van der Waals surface area contributed by atoms with Gasteiger partial charge in [-0.05, 0) is 76.5 Å². The lowest BCUT2D eigenvalue weighted by molar-refractivity contribution is 0.0547. The molecule has 8 heteroatoms. The van der Waals surface area contributed by atoms with Gasteiger partial charge in [-0.25, -0.2) is 9.36 Å². The second-order valence-corrected chi connectivity index (χ2v) is 10.6. The summed E-state index contributed by atoms with van der Waals surface area (Å²) in [5.74, 6) is -0.130. The number of benzene rings is 2. The van der Waals surface area contributed by atoms with E-state index in [1.54, 1.807) is 6.07 Å². The van der Waals surface area contributed by atoms with Gasteiger partial charge >= 0.3 is 6.09 Å². The van der Waals surface area contributed by atoms with Crippen LogP contribution in [0.1, 0.15) is 61.5 Å². The summed E-state index contributed by atoms with van der Waals surface area (Å²) in [5, 5.41) is 14.3. The monoisotopic (exact) mass is 491 g/mol. The zero-order valence-corrected chi connectivity index (χ0v) is 21.3. The van der Waals surface area contributed by atoms with E-state index in [1.165, 1.54) is 36.5 Å². The van der Waals surface area contributed by atoms with Crippen LogP contribution in [0.5, 0.6) is 11.5 Å². The van der Waals surface area contributed by atoms with Crippen molar-refractivity contribution < 1.29 is 24.2 Å². The maximum absolute atomic E-state index is 13.5. The van der Waals surface area contributed by atoms with E-state index in [4.69, 9.17) is 9.47 Å². The van der Waals surface area contributed by atoms with Crippen LogP contribution < -0.4 is 10.1 Å². The number of amides is 1. The lowest BCUT2D eigenvalue weighted by atomic mass is 9.98. The molecule has 0 unspecified atom stereocenters. The fourth-order valence-corrected chi connectivity index (χ4v) is 5.19. The van der Waals surface area contributed by atoms with E-state index in [0.29, 0.717) is 27.9 Å². The van der Waals surface area contributed by atoms with Crippen LogP contribution in [0.2, 0.25) is 0 Å². The number of hydrogen-bond donors (Lipinski definition) is 2. The molecule has 8 nitrogen and oxygen atoms in total. The zero-order valence-electron chi connectivity index (χ0n) is 21.3. The molecular formula is C28H33N3O5. The van der Waals surface area contributed by atoms with Crippen LogP contribution in [-0.4, -0.2) is 52.4 Å². The minimum atomic E-state index is -0.703. The molecule has 5 rings (SSSR count). The number of piperidine rings is 1. The van der Waals surface area contributed by atoms with Crippen molar-refractivity contribution in [2.45, 2.75) is 58.7 Å². The Kier molecular flexibility index (Phi) is 6.16. The van der Waals surface area contributed by atoms with Crippen molar-refractivity contribution in [1.82, 2.24) is 14.8 Å². The predicted molar refractivity (Wildman–Crippen MR) is 138 cm³/mol. The van der Waals surface area contributed by atoms with Gasteiger partial charge in [-0.1, -0.05) is 12.5 Å². The fraction of sp³-hybridized carbons (Fsp3) is 0.429. The summed E-state index contributed by atoms with van der Waals surface area (Å²) in [6, 6.07) is 9.63. The molecule has 190 valence electrons. The van der Waals surface area contributed by atoms with Crippen LogP contribution in [0.25, 0.3) is 22.2 Å². The van der Waals surface area contributed by atoms with Crippen molar-refractivity contribution in [2.75, 3.05) is 20.2 Å². The molecule has 2 N–H and O–H groups in total. The van der Waals surface area contributed by atoms with E-state index in [2.05, 4.69) is 22.3 Å². The predicted octanol–water partition coefficient (Wildman–Crippen LogP) is 5.04. The minimum Gasteiger partial charge on any atom is -0.504 e. The molecule has 3 aromatic rings. The number of rotatable bonds is 4. The average Bonchev–Trinajstić information content (AvgIpc) is 3.40. The number of nitrogens with zero attached hydrogens (tertiary/aromatic N) is 2. The Morgan fingerprint density at radius 2 is 1.86 bits per heavy atom. The fourth-order valence-electron chi connectivity index (χ4n) is 5.19. The van der Waals surface area contributed by atoms with Crippen molar-refractivity contribution in [3.8, 4) is 22.8 Å². The van der Waals surface area contributed by atoms with Gasteiger partial charge < -0.3 is 19.9 Å². The summed E-state index contributed by atoms with van der Waals surface area (Å²) in [7, 11) is 1.46. The summed E-state index contributed by atoms with van der Waals surface area (Å²) in [6.45, 7) is 8.70. The SMILES string of the molecule is COc1cc(-c2cc3cc(CN4CCCCC4)ccc3n2C(=O)OC(C)(C)C)c2c(c1O)CNC2=O. The van der Waals surface area contributed by atoms with Crippen molar-refractivity contribution >= 4 is 22.9 Å². The van der Waals surface area contributed by atoms with E-state index in [1.807, 2.05) is 32.9 Å². The van der Waals surface area contributed by atoms with Crippen molar-refractivity contribution in [3.63, 3.8) is 0 Å². The topological polar surface area (TPSA) is 93.0 Å². The number of carbonyl (C=O) groups is 2.